The zero-order valence-corrected chi connectivity index (χ0v) is 10.1. The molecular formula is C14H17N3O. The molecule has 0 aliphatic rings. The summed E-state index contributed by atoms with van der Waals surface area (Å²) >= 11 is 0. The van der Waals surface area contributed by atoms with Gasteiger partial charge in [0, 0.05) is 13.1 Å². The summed E-state index contributed by atoms with van der Waals surface area (Å²) in [6.07, 6.45) is 0. The minimum atomic E-state index is 0.0774. The minimum Gasteiger partial charge on any atom is -0.506 e. The predicted octanol–water partition coefficient (Wildman–Crippen LogP) is 1.56. The van der Waals surface area contributed by atoms with Crippen LogP contribution in [-0.2, 0) is 13.1 Å². The predicted molar refractivity (Wildman–Crippen MR) is 73.7 cm³/mol. The van der Waals surface area contributed by atoms with E-state index in [2.05, 4.69) is 0 Å². The molecule has 0 aliphatic carbocycles. The lowest BCUT2D eigenvalue weighted by molar-refractivity contribution is 0.478. The van der Waals surface area contributed by atoms with Gasteiger partial charge in [-0.3, -0.25) is 0 Å². The van der Waals surface area contributed by atoms with Crippen molar-refractivity contribution in [3.63, 3.8) is 0 Å². The van der Waals surface area contributed by atoms with E-state index in [0.29, 0.717) is 18.8 Å². The highest BCUT2D eigenvalue weighted by molar-refractivity contribution is 5.72. The van der Waals surface area contributed by atoms with Crippen LogP contribution in [0.1, 0.15) is 11.1 Å². The number of phenolic OH excluding ortho intramolecular Hbond substituents is 1. The number of hydrogen-bond acceptors (Lipinski definition) is 4. The van der Waals surface area contributed by atoms with Gasteiger partial charge in [0.15, 0.2) is 0 Å². The molecule has 0 saturated carbocycles. The summed E-state index contributed by atoms with van der Waals surface area (Å²) < 4.78 is 0. The molecule has 0 aromatic heterocycles. The molecule has 0 fully saturated rings. The standard InChI is InChI=1S/C14H17N3O/c15-7-9-1-2-11(8-16)12(5-9)10-3-4-13(17)14(18)6-10/h1-6,18H,7-8,15-17H2. The van der Waals surface area contributed by atoms with Crippen molar-refractivity contribution < 1.29 is 5.11 Å². The fraction of sp³-hybridized carbons (Fsp3) is 0.143. The van der Waals surface area contributed by atoms with Crippen LogP contribution in [-0.4, -0.2) is 5.11 Å². The topological polar surface area (TPSA) is 98.3 Å². The van der Waals surface area contributed by atoms with Crippen LogP contribution in [0.15, 0.2) is 36.4 Å². The van der Waals surface area contributed by atoms with Crippen LogP contribution in [0, 0.1) is 0 Å². The van der Waals surface area contributed by atoms with Crippen LogP contribution >= 0.6 is 0 Å². The van der Waals surface area contributed by atoms with Gasteiger partial charge in [0.1, 0.15) is 5.75 Å². The summed E-state index contributed by atoms with van der Waals surface area (Å²) in [4.78, 5) is 0. The molecule has 2 rings (SSSR count). The maximum Gasteiger partial charge on any atom is 0.139 e. The van der Waals surface area contributed by atoms with Crippen LogP contribution in [0.2, 0.25) is 0 Å². The van der Waals surface area contributed by atoms with Gasteiger partial charge < -0.3 is 22.3 Å². The molecular weight excluding hydrogens is 226 g/mol. The molecule has 2 aromatic rings. The van der Waals surface area contributed by atoms with Crippen molar-refractivity contribution in [1.29, 1.82) is 0 Å². The van der Waals surface area contributed by atoms with Gasteiger partial charge in [-0.15, -0.1) is 0 Å². The third kappa shape index (κ3) is 2.30. The molecule has 0 heterocycles. The van der Waals surface area contributed by atoms with E-state index in [-0.39, 0.29) is 5.75 Å². The number of phenols is 1. The van der Waals surface area contributed by atoms with Crippen molar-refractivity contribution >= 4 is 5.69 Å². The molecule has 4 nitrogen and oxygen atoms in total. The fourth-order valence-electron chi connectivity index (χ4n) is 1.91. The largest absolute Gasteiger partial charge is 0.506 e. The average molecular weight is 243 g/mol. The molecule has 0 radical (unpaired) electrons. The zero-order valence-electron chi connectivity index (χ0n) is 10.1. The van der Waals surface area contributed by atoms with Crippen molar-refractivity contribution in [2.24, 2.45) is 11.5 Å². The third-order valence-electron chi connectivity index (χ3n) is 2.97. The molecule has 0 bridgehead atoms. The van der Waals surface area contributed by atoms with E-state index >= 15 is 0 Å². The Morgan fingerprint density at radius 1 is 0.944 bits per heavy atom. The Balaban J connectivity index is 2.57. The van der Waals surface area contributed by atoms with Gasteiger partial charge in [-0.25, -0.2) is 0 Å². The van der Waals surface area contributed by atoms with Gasteiger partial charge in [0.2, 0.25) is 0 Å². The summed E-state index contributed by atoms with van der Waals surface area (Å²) in [7, 11) is 0. The second-order valence-corrected chi connectivity index (χ2v) is 4.17. The van der Waals surface area contributed by atoms with Crippen LogP contribution in [0.25, 0.3) is 11.1 Å². The highest BCUT2D eigenvalue weighted by Gasteiger charge is 2.07. The molecule has 0 saturated heterocycles. The average Bonchev–Trinajstić information content (AvgIpc) is 2.41. The van der Waals surface area contributed by atoms with Gasteiger partial charge in [-0.05, 0) is 40.5 Å². The van der Waals surface area contributed by atoms with Crippen LogP contribution in [0.5, 0.6) is 5.75 Å². The van der Waals surface area contributed by atoms with Crippen molar-refractivity contribution in [3.8, 4) is 16.9 Å². The Morgan fingerprint density at radius 2 is 1.72 bits per heavy atom. The van der Waals surface area contributed by atoms with Gasteiger partial charge in [0.25, 0.3) is 0 Å². The third-order valence-corrected chi connectivity index (χ3v) is 2.97. The maximum atomic E-state index is 9.67. The normalized spacial score (nSPS) is 10.6. The van der Waals surface area contributed by atoms with Gasteiger partial charge in [-0.2, -0.15) is 0 Å². The zero-order chi connectivity index (χ0) is 13.1. The molecule has 2 aromatic carbocycles. The monoisotopic (exact) mass is 243 g/mol. The molecule has 0 aliphatic heterocycles. The number of benzene rings is 2. The lowest BCUT2D eigenvalue weighted by Gasteiger charge is -2.11. The first-order valence-corrected chi connectivity index (χ1v) is 5.76. The first-order valence-electron chi connectivity index (χ1n) is 5.76. The summed E-state index contributed by atoms with van der Waals surface area (Å²) in [5, 5.41) is 9.67. The van der Waals surface area contributed by atoms with E-state index in [1.54, 1.807) is 12.1 Å². The first kappa shape index (κ1) is 12.4. The Hall–Kier alpha value is -2.04. The van der Waals surface area contributed by atoms with Crippen molar-refractivity contribution in [2.75, 3.05) is 5.73 Å². The molecule has 0 atom stereocenters. The summed E-state index contributed by atoms with van der Waals surface area (Å²) in [5.41, 5.74) is 21.2. The second-order valence-electron chi connectivity index (χ2n) is 4.17. The number of nitrogens with two attached hydrogens (primary N) is 3. The van der Waals surface area contributed by atoms with E-state index in [0.717, 1.165) is 22.3 Å². The molecule has 0 unspecified atom stereocenters. The van der Waals surface area contributed by atoms with Crippen LogP contribution in [0.4, 0.5) is 5.69 Å². The van der Waals surface area contributed by atoms with Crippen LogP contribution < -0.4 is 17.2 Å². The van der Waals surface area contributed by atoms with Crippen molar-refractivity contribution in [3.05, 3.63) is 47.5 Å². The Morgan fingerprint density at radius 3 is 2.33 bits per heavy atom. The van der Waals surface area contributed by atoms with E-state index in [4.69, 9.17) is 17.2 Å². The molecule has 0 amide bonds. The Labute approximate surface area is 106 Å². The van der Waals surface area contributed by atoms with Crippen molar-refractivity contribution in [1.82, 2.24) is 0 Å². The summed E-state index contributed by atoms with van der Waals surface area (Å²) in [6, 6.07) is 11.1. The second kappa shape index (κ2) is 5.08. The maximum absolute atomic E-state index is 9.67. The fourth-order valence-corrected chi connectivity index (χ4v) is 1.91. The summed E-state index contributed by atoms with van der Waals surface area (Å²) in [5.74, 6) is 0.0774. The SMILES string of the molecule is NCc1ccc(CN)c(-c2ccc(N)c(O)c2)c1. The lowest BCUT2D eigenvalue weighted by Crippen LogP contribution is -2.02. The number of aromatic hydroxyl groups is 1. The van der Waals surface area contributed by atoms with E-state index in [1.807, 2.05) is 24.3 Å². The summed E-state index contributed by atoms with van der Waals surface area (Å²) in [6.45, 7) is 0.907. The van der Waals surface area contributed by atoms with Gasteiger partial charge in [-0.1, -0.05) is 18.2 Å². The lowest BCUT2D eigenvalue weighted by atomic mass is 9.97. The Bertz CT molecular complexity index is 567. The van der Waals surface area contributed by atoms with Gasteiger partial charge in [0.05, 0.1) is 5.69 Å². The van der Waals surface area contributed by atoms with Crippen LogP contribution in [0.3, 0.4) is 0 Å². The molecule has 7 N–H and O–H groups in total. The van der Waals surface area contributed by atoms with E-state index < -0.39 is 0 Å². The van der Waals surface area contributed by atoms with Gasteiger partial charge >= 0.3 is 0 Å². The number of hydrogen-bond donors (Lipinski definition) is 4. The minimum absolute atomic E-state index is 0.0774. The Kier molecular flexibility index (Phi) is 3.50. The van der Waals surface area contributed by atoms with E-state index in [9.17, 15) is 5.11 Å². The van der Waals surface area contributed by atoms with Crippen molar-refractivity contribution in [2.45, 2.75) is 13.1 Å². The molecule has 18 heavy (non-hydrogen) atoms. The number of anilines is 1. The smallest absolute Gasteiger partial charge is 0.139 e. The van der Waals surface area contributed by atoms with E-state index in [1.165, 1.54) is 0 Å². The molecule has 94 valence electrons. The highest BCUT2D eigenvalue weighted by Crippen LogP contribution is 2.30. The highest BCUT2D eigenvalue weighted by atomic mass is 16.3. The molecule has 0 spiro atoms. The number of nitrogen functional groups attached to an aromatic ring is 1. The quantitative estimate of drug-likeness (QED) is 0.485. The first-order chi connectivity index (χ1) is 8.65. The number of rotatable bonds is 3. The molecule has 4 heteroatoms.